The molecule has 0 unspecified atom stereocenters. The fraction of sp³-hybridized carbons (Fsp3) is 0. The van der Waals surface area contributed by atoms with Crippen molar-refractivity contribution in [2.45, 2.75) is 0 Å². The first-order valence-corrected chi connectivity index (χ1v) is 3.95. The van der Waals surface area contributed by atoms with E-state index in [1.165, 1.54) is 0 Å². The molecular weight excluding hydrogens is 220 g/mol. The lowest BCUT2D eigenvalue weighted by atomic mass is 10.3. The van der Waals surface area contributed by atoms with E-state index in [-0.39, 0.29) is 0 Å². The summed E-state index contributed by atoms with van der Waals surface area (Å²) in [6.07, 6.45) is 3.15. The number of aliphatic imine (C=N–C) groups is 1. The molecule has 0 aromatic carbocycles. The molecule has 0 aliphatic rings. The molecule has 0 aliphatic carbocycles. The quantitative estimate of drug-likeness (QED) is 0.630. The van der Waals surface area contributed by atoms with Gasteiger partial charge in [-0.1, -0.05) is 13.2 Å². The molecule has 5 heteroatoms. The highest BCUT2D eigenvalue weighted by molar-refractivity contribution is 9.11. The van der Waals surface area contributed by atoms with Gasteiger partial charge in [0.05, 0.1) is 16.5 Å². The van der Waals surface area contributed by atoms with Crippen molar-refractivity contribution < 1.29 is 0 Å². The molecule has 0 aliphatic heterocycles. The monoisotopic (exact) mass is 226 g/mol. The van der Waals surface area contributed by atoms with Crippen LogP contribution in [0.15, 0.2) is 35.0 Å². The number of aromatic nitrogens is 3. The van der Waals surface area contributed by atoms with Crippen LogP contribution in [0.25, 0.3) is 0 Å². The van der Waals surface area contributed by atoms with Crippen LogP contribution in [0.3, 0.4) is 0 Å². The third kappa shape index (κ3) is 2.13. The van der Waals surface area contributed by atoms with Gasteiger partial charge in [-0.15, -0.1) is 0 Å². The predicted molar refractivity (Wildman–Crippen MR) is 51.2 cm³/mol. The second kappa shape index (κ2) is 3.96. The smallest absolute Gasteiger partial charge is 0.131 e. The summed E-state index contributed by atoms with van der Waals surface area (Å²) >= 11 is 3.11. The van der Waals surface area contributed by atoms with E-state index in [2.05, 4.69) is 49.5 Å². The van der Waals surface area contributed by atoms with E-state index in [0.29, 0.717) is 16.0 Å². The maximum atomic E-state index is 4.04. The van der Waals surface area contributed by atoms with Gasteiger partial charge in [-0.2, -0.15) is 15.4 Å². The van der Waals surface area contributed by atoms with Crippen molar-refractivity contribution >= 4 is 21.6 Å². The molecule has 0 amide bonds. The number of hydrogen-bond acceptors (Lipinski definition) is 3. The molecule has 4 nitrogen and oxygen atoms in total. The third-order valence-corrected chi connectivity index (χ3v) is 1.29. The molecule has 1 rings (SSSR count). The highest BCUT2D eigenvalue weighted by Crippen LogP contribution is 2.05. The third-order valence-electron chi connectivity index (χ3n) is 1.11. The zero-order valence-electron chi connectivity index (χ0n) is 6.29. The molecule has 0 saturated heterocycles. The summed E-state index contributed by atoms with van der Waals surface area (Å²) in [4.78, 5) is 4.04. The molecule has 0 bridgehead atoms. The highest BCUT2D eigenvalue weighted by atomic mass is 79.9. The van der Waals surface area contributed by atoms with E-state index in [1.54, 1.807) is 12.3 Å². The maximum Gasteiger partial charge on any atom is 0.131 e. The van der Waals surface area contributed by atoms with Crippen LogP contribution in [-0.4, -0.2) is 21.1 Å². The molecule has 12 heavy (non-hydrogen) atoms. The Hall–Kier alpha value is -1.23. The number of aromatic amines is 1. The zero-order valence-corrected chi connectivity index (χ0v) is 7.87. The van der Waals surface area contributed by atoms with Gasteiger partial charge < -0.3 is 0 Å². The summed E-state index contributed by atoms with van der Waals surface area (Å²) in [6.45, 7) is 7.17. The van der Waals surface area contributed by atoms with Gasteiger partial charge in [-0.05, 0) is 22.0 Å². The van der Waals surface area contributed by atoms with Gasteiger partial charge in [0.15, 0.2) is 0 Å². The Balaban J connectivity index is 2.98. The Morgan fingerprint density at radius 3 is 2.92 bits per heavy atom. The molecular formula is C7H7BrN4. The van der Waals surface area contributed by atoms with Crippen molar-refractivity contribution in [3.63, 3.8) is 0 Å². The first kappa shape index (κ1) is 8.86. The number of halogens is 1. The molecule has 1 aromatic rings. The second-order valence-corrected chi connectivity index (χ2v) is 2.85. The fourth-order valence-corrected chi connectivity index (χ4v) is 0.854. The summed E-state index contributed by atoms with van der Waals surface area (Å²) in [6, 6.07) is 0. The van der Waals surface area contributed by atoms with Gasteiger partial charge in [-0.25, -0.2) is 4.99 Å². The fourth-order valence-electron chi connectivity index (χ4n) is 0.663. The molecule has 62 valence electrons. The second-order valence-electron chi connectivity index (χ2n) is 1.93. The first-order valence-electron chi connectivity index (χ1n) is 3.15. The van der Waals surface area contributed by atoms with E-state index < -0.39 is 0 Å². The SMILES string of the molecule is C=C/C(=N\C(=C)Br)c1cn[nH]n1. The minimum atomic E-state index is 0.528. The highest BCUT2D eigenvalue weighted by Gasteiger charge is 2.01. The van der Waals surface area contributed by atoms with Crippen LogP contribution < -0.4 is 0 Å². The van der Waals surface area contributed by atoms with Crippen LogP contribution in [0.2, 0.25) is 0 Å². The molecule has 0 spiro atoms. The lowest BCUT2D eigenvalue weighted by Crippen LogP contribution is -1.96. The van der Waals surface area contributed by atoms with E-state index in [9.17, 15) is 0 Å². The standard InChI is InChI=1S/C7H7BrN4/c1-3-6(10-5(2)8)7-4-9-12-11-7/h3-4H,1-2H2,(H,9,11,12)/b10-6+. The van der Waals surface area contributed by atoms with Gasteiger partial charge in [-0.3, -0.25) is 0 Å². The van der Waals surface area contributed by atoms with Gasteiger partial charge in [0.25, 0.3) is 0 Å². The Morgan fingerprint density at radius 1 is 1.75 bits per heavy atom. The minimum absolute atomic E-state index is 0.528. The predicted octanol–water partition coefficient (Wildman–Crippen LogP) is 1.65. The van der Waals surface area contributed by atoms with Gasteiger partial charge in [0, 0.05) is 0 Å². The number of H-pyrrole nitrogens is 1. The average Bonchev–Trinajstić information content (AvgIpc) is 2.51. The molecule has 0 saturated carbocycles. The molecule has 1 heterocycles. The zero-order chi connectivity index (χ0) is 8.97. The molecule has 1 aromatic heterocycles. The van der Waals surface area contributed by atoms with Crippen molar-refractivity contribution in [2.24, 2.45) is 4.99 Å². The van der Waals surface area contributed by atoms with Crippen molar-refractivity contribution in [3.05, 3.63) is 35.7 Å². The van der Waals surface area contributed by atoms with E-state index >= 15 is 0 Å². The summed E-state index contributed by atoms with van der Waals surface area (Å²) in [5.74, 6) is 0. The Bertz CT molecular complexity index is 312. The molecule has 0 atom stereocenters. The Kier molecular flexibility index (Phi) is 2.93. The minimum Gasteiger partial charge on any atom is -0.240 e. The first-order chi connectivity index (χ1) is 5.74. The van der Waals surface area contributed by atoms with Crippen LogP contribution in [0.1, 0.15) is 5.69 Å². The van der Waals surface area contributed by atoms with Gasteiger partial charge >= 0.3 is 0 Å². The topological polar surface area (TPSA) is 53.9 Å². The number of hydrogen-bond donors (Lipinski definition) is 1. The Labute approximate surface area is 78.2 Å². The lowest BCUT2D eigenvalue weighted by molar-refractivity contribution is 0.937. The van der Waals surface area contributed by atoms with Crippen LogP contribution in [0.4, 0.5) is 0 Å². The van der Waals surface area contributed by atoms with Crippen LogP contribution in [0, 0.1) is 0 Å². The maximum absolute atomic E-state index is 4.04. The lowest BCUT2D eigenvalue weighted by Gasteiger charge is -1.92. The van der Waals surface area contributed by atoms with E-state index in [1.807, 2.05) is 0 Å². The number of nitrogens with one attached hydrogen (secondary N) is 1. The molecule has 1 N–H and O–H groups in total. The average molecular weight is 227 g/mol. The summed E-state index contributed by atoms with van der Waals surface area (Å²) < 4.78 is 0.528. The van der Waals surface area contributed by atoms with Gasteiger partial charge in [0.2, 0.25) is 0 Å². The van der Waals surface area contributed by atoms with Crippen LogP contribution in [0.5, 0.6) is 0 Å². The summed E-state index contributed by atoms with van der Waals surface area (Å²) in [7, 11) is 0. The summed E-state index contributed by atoms with van der Waals surface area (Å²) in [5, 5.41) is 9.97. The largest absolute Gasteiger partial charge is 0.240 e. The van der Waals surface area contributed by atoms with Crippen molar-refractivity contribution in [3.8, 4) is 0 Å². The van der Waals surface area contributed by atoms with E-state index in [0.717, 1.165) is 0 Å². The van der Waals surface area contributed by atoms with Crippen molar-refractivity contribution in [1.82, 2.24) is 15.4 Å². The molecule has 0 fully saturated rings. The van der Waals surface area contributed by atoms with Crippen molar-refractivity contribution in [2.75, 3.05) is 0 Å². The number of allylic oxidation sites excluding steroid dienone is 1. The van der Waals surface area contributed by atoms with E-state index in [4.69, 9.17) is 0 Å². The molecule has 0 radical (unpaired) electrons. The van der Waals surface area contributed by atoms with Gasteiger partial charge in [0.1, 0.15) is 5.69 Å². The summed E-state index contributed by atoms with van der Waals surface area (Å²) in [5.41, 5.74) is 1.27. The number of rotatable bonds is 3. The van der Waals surface area contributed by atoms with Crippen LogP contribution in [-0.2, 0) is 0 Å². The Morgan fingerprint density at radius 2 is 2.50 bits per heavy atom. The normalized spacial score (nSPS) is 11.2. The number of nitrogens with zero attached hydrogens (tertiary/aromatic N) is 3. The van der Waals surface area contributed by atoms with Crippen molar-refractivity contribution in [1.29, 1.82) is 0 Å². The van der Waals surface area contributed by atoms with Crippen LogP contribution >= 0.6 is 15.9 Å².